The number of methoxy groups -OCH3 is 1. The molecule has 1 saturated heterocycles. The zero-order chi connectivity index (χ0) is 60.4. The number of nitrogens with zero attached hydrogens (tertiary/aromatic N) is 2. The number of fused-ring (bicyclic) bond motifs is 6. The van der Waals surface area contributed by atoms with Gasteiger partial charge in [-0.25, -0.2) is 0 Å². The molecule has 2 heterocycles. The highest BCUT2D eigenvalue weighted by atomic mass is 32.2. The first-order valence-corrected chi connectivity index (χ1v) is 32.0. The maximum Gasteiger partial charge on any atom is 0.239 e. The van der Waals surface area contributed by atoms with E-state index in [1.165, 1.54) is 118 Å². The molecule has 6 aliphatic rings. The largest absolute Gasteiger partial charge is 0.497 e. The van der Waals surface area contributed by atoms with Gasteiger partial charge in [0, 0.05) is 44.2 Å². The van der Waals surface area contributed by atoms with Crippen LogP contribution in [0.4, 0.5) is 0 Å². The molecule has 11 nitrogen and oxygen atoms in total. The number of hydrogen-bond acceptors (Lipinski definition) is 8. The Bertz CT molecular complexity index is 2740. The summed E-state index contributed by atoms with van der Waals surface area (Å²) in [5.41, 5.74) is 13.0. The van der Waals surface area contributed by atoms with E-state index < -0.39 is 0 Å². The predicted molar refractivity (Wildman–Crippen MR) is 350 cm³/mol. The number of carbonyl (C=O) groups is 3. The molecular formula is C69H104N6O5S2. The van der Waals surface area contributed by atoms with Gasteiger partial charge in [0.15, 0.2) is 16.1 Å². The van der Waals surface area contributed by atoms with Gasteiger partial charge in [-0.15, -0.1) is 11.7 Å². The average molecular weight is 1160 g/mol. The molecule has 1 aromatic carbocycles. The minimum atomic E-state index is -0.0766. The van der Waals surface area contributed by atoms with E-state index >= 15 is 0 Å². The molecular weight excluding hydrogens is 1060 g/mol. The minimum absolute atomic E-state index is 0.00224. The number of aliphatic hydroxyl groups is 1. The van der Waals surface area contributed by atoms with Crippen LogP contribution in [0.15, 0.2) is 113 Å². The Balaban J connectivity index is 0.000000207. The van der Waals surface area contributed by atoms with Gasteiger partial charge in [0.25, 0.3) is 0 Å². The number of rotatable bonds is 17. The Kier molecular flexibility index (Phi) is 26.3. The van der Waals surface area contributed by atoms with E-state index in [4.69, 9.17) is 17.0 Å². The summed E-state index contributed by atoms with van der Waals surface area (Å²) < 4.78 is 5.21. The van der Waals surface area contributed by atoms with Gasteiger partial charge in [-0.3, -0.25) is 24.7 Å². The summed E-state index contributed by atoms with van der Waals surface area (Å²) in [5.74, 6) is 6.85. The van der Waals surface area contributed by atoms with E-state index in [1.54, 1.807) is 43.7 Å². The zero-order valence-electron chi connectivity index (χ0n) is 52.7. The number of aliphatic hydroxyl groups excluding tert-OH is 1. The van der Waals surface area contributed by atoms with Crippen LogP contribution in [0.25, 0.3) is 10.9 Å². The number of hydrogen-bond donors (Lipinski definition) is 5. The number of H-pyrrole nitrogens is 1. The quantitative estimate of drug-likeness (QED) is 0.0343. The van der Waals surface area contributed by atoms with Gasteiger partial charge in [-0.2, -0.15) is 0 Å². The molecule has 0 radical (unpaired) electrons. The Labute approximate surface area is 504 Å². The number of amides is 2. The number of nitrogens with one attached hydrogen (secondary N) is 4. The van der Waals surface area contributed by atoms with Crippen LogP contribution in [-0.2, 0) is 20.8 Å². The second-order valence-electron chi connectivity index (χ2n) is 25.8. The highest BCUT2D eigenvalue weighted by molar-refractivity contribution is 8.15. The van der Waals surface area contributed by atoms with Crippen LogP contribution < -0.4 is 20.8 Å². The van der Waals surface area contributed by atoms with Crippen LogP contribution in [0, 0.1) is 51.8 Å². The molecule has 8 atom stereocenters. The Morgan fingerprint density at radius 1 is 1.01 bits per heavy atom. The highest BCUT2D eigenvalue weighted by Gasteiger charge is 2.59. The number of ether oxygens (including phenoxy) is 1. The molecule has 5 N–H and O–H groups in total. The lowest BCUT2D eigenvalue weighted by molar-refractivity contribution is -0.123. The Hall–Kier alpha value is -4.98. The maximum atomic E-state index is 11.4. The van der Waals surface area contributed by atoms with E-state index in [2.05, 4.69) is 119 Å². The molecule has 1 aliphatic heterocycles. The molecule has 8 rings (SSSR count). The third-order valence-electron chi connectivity index (χ3n) is 18.9. The Morgan fingerprint density at radius 2 is 1.77 bits per heavy atom. The molecule has 2 aromatic rings. The molecule has 0 bridgehead atoms. The summed E-state index contributed by atoms with van der Waals surface area (Å²) in [5, 5.41) is 21.9. The lowest BCUT2D eigenvalue weighted by Gasteiger charge is -2.58. The van der Waals surface area contributed by atoms with Crippen LogP contribution in [0.3, 0.4) is 0 Å². The van der Waals surface area contributed by atoms with Gasteiger partial charge < -0.3 is 25.5 Å². The van der Waals surface area contributed by atoms with Crippen LogP contribution >= 0.6 is 24.0 Å². The van der Waals surface area contributed by atoms with Crippen molar-refractivity contribution in [3.05, 3.63) is 113 Å². The van der Waals surface area contributed by atoms with Crippen molar-refractivity contribution in [1.82, 2.24) is 25.9 Å². The van der Waals surface area contributed by atoms with Crippen molar-refractivity contribution in [1.29, 1.82) is 0 Å². The van der Waals surface area contributed by atoms with Gasteiger partial charge >= 0.3 is 0 Å². The molecule has 0 spiro atoms. The van der Waals surface area contributed by atoms with Crippen molar-refractivity contribution in [2.24, 2.45) is 56.9 Å². The van der Waals surface area contributed by atoms with Crippen LogP contribution in [0.2, 0.25) is 0 Å². The number of carbonyl (C=O) groups excluding carboxylic acids is 3. The van der Waals surface area contributed by atoms with Gasteiger partial charge in [0.05, 0.1) is 19.0 Å². The standard InChI is InChI=1S/C27H46O.C21H30O.C13H16N2O2.C8H12N4OS2/c1-18(2)7-6-8-19(3)23-11-12-24-22-10-9-20-17-21(28)13-15-26(20,4)25(22)14-16-27(23,24)5;1-16(9-7-10-17(2)15-19(4)22)12-13-20-18(3)11-8-14-21(20,5)6;1-9(16)14-6-5-10-8-15-13-4-3-11(17-2)7-12(10)13;1-3-4-12-6(13)5-15-8(12)11-10-7(14)9-2/h9,18-19,21-25,28H,6-8,10-17H2,1-5H3;7,9-10,12-13,15H,8,11,14H2,1-6H3;3-4,7-8,15H,5-6H2,1-2H3,(H,14,16);3H,1,4-5H2,2H3,(H2,9,10,14)/b;10-7+,13-12+,16-9+,17-15+;;11-8-/t19-,21+,22?,23-,24+,25+,26+,27-;;;/m1.../s1. The summed E-state index contributed by atoms with van der Waals surface area (Å²) in [6.45, 7) is 31.4. The molecule has 13 heteroatoms. The van der Waals surface area contributed by atoms with Crippen molar-refractivity contribution < 1.29 is 24.2 Å². The second kappa shape index (κ2) is 31.8. The lowest BCUT2D eigenvalue weighted by Crippen LogP contribution is -2.50. The smallest absolute Gasteiger partial charge is 0.239 e. The second-order valence-corrected chi connectivity index (χ2v) is 27.2. The van der Waals surface area contributed by atoms with E-state index in [0.717, 1.165) is 77.0 Å². The van der Waals surface area contributed by atoms with E-state index in [9.17, 15) is 19.5 Å². The zero-order valence-corrected chi connectivity index (χ0v) is 54.3. The molecule has 452 valence electrons. The fourth-order valence-electron chi connectivity index (χ4n) is 14.5. The number of allylic oxidation sites excluding steroid dienone is 11. The highest BCUT2D eigenvalue weighted by Crippen LogP contribution is 2.67. The molecule has 3 saturated carbocycles. The van der Waals surface area contributed by atoms with Crippen molar-refractivity contribution >= 4 is 62.8 Å². The first kappa shape index (κ1) is 67.8. The number of aromatic amines is 1. The summed E-state index contributed by atoms with van der Waals surface area (Å²) in [7, 11) is 3.36. The fraction of sp³-hybridized carbons (Fsp3) is 0.609. The molecule has 1 unspecified atom stereocenters. The number of ketones is 1. The van der Waals surface area contributed by atoms with Crippen molar-refractivity contribution in [2.45, 2.75) is 186 Å². The molecule has 1 aromatic heterocycles. The summed E-state index contributed by atoms with van der Waals surface area (Å²) in [6, 6.07) is 5.93. The third kappa shape index (κ3) is 18.8. The van der Waals surface area contributed by atoms with Crippen molar-refractivity contribution in [3.8, 4) is 5.75 Å². The number of aromatic nitrogens is 1. The fourth-order valence-corrected chi connectivity index (χ4v) is 15.4. The van der Waals surface area contributed by atoms with Crippen molar-refractivity contribution in [3.63, 3.8) is 0 Å². The number of hydrazone groups is 1. The van der Waals surface area contributed by atoms with Crippen LogP contribution in [0.5, 0.6) is 5.75 Å². The van der Waals surface area contributed by atoms with Crippen molar-refractivity contribution in [2.75, 3.05) is 33.0 Å². The molecule has 5 aliphatic carbocycles. The predicted octanol–water partition coefficient (Wildman–Crippen LogP) is 15.5. The summed E-state index contributed by atoms with van der Waals surface area (Å²) in [6.07, 6.45) is 37.6. The van der Waals surface area contributed by atoms with Crippen LogP contribution in [-0.4, -0.2) is 82.0 Å². The summed E-state index contributed by atoms with van der Waals surface area (Å²) >= 11 is 6.24. The topological polar surface area (TPSA) is 148 Å². The normalized spacial score (nSPS) is 26.8. The summed E-state index contributed by atoms with van der Waals surface area (Å²) in [4.78, 5) is 37.9. The Morgan fingerprint density at radius 3 is 2.44 bits per heavy atom. The van der Waals surface area contributed by atoms with E-state index in [0.29, 0.717) is 40.0 Å². The number of amidine groups is 1. The van der Waals surface area contributed by atoms with Gasteiger partial charge in [0.1, 0.15) is 5.75 Å². The van der Waals surface area contributed by atoms with E-state index in [1.807, 2.05) is 43.5 Å². The minimum Gasteiger partial charge on any atom is -0.497 e. The third-order valence-corrected chi connectivity index (χ3v) is 20.1. The lowest BCUT2D eigenvalue weighted by atomic mass is 9.47. The van der Waals surface area contributed by atoms with Gasteiger partial charge in [-0.05, 0) is 210 Å². The van der Waals surface area contributed by atoms with E-state index in [-0.39, 0.29) is 29.1 Å². The number of benzene rings is 1. The van der Waals surface area contributed by atoms with Gasteiger partial charge in [0.2, 0.25) is 11.8 Å². The molecule has 82 heavy (non-hydrogen) atoms. The molecule has 4 fully saturated rings. The average Bonchev–Trinajstić information content (AvgIpc) is 1.67. The number of thiocarbonyl (C=S) groups is 1. The first-order chi connectivity index (χ1) is 38.9. The molecule has 2 amide bonds. The maximum absolute atomic E-state index is 11.4. The van der Waals surface area contributed by atoms with Gasteiger partial charge in [-0.1, -0.05) is 139 Å². The number of thioether (sulfide) groups is 1. The first-order valence-electron chi connectivity index (χ1n) is 30.6. The SMILES string of the molecule is C=CCN1C(=O)CS/C1=N\NC(=S)NC.CC(=O)/C=C(C)/C=C/C=C(C)/C=C/C1=C(C)CCCC1(C)C.CC(C)CCC[C@@H](C)[C@H]1CC[C@H]2C3CC=C4C[C@@H](O)CC[C@]4(C)[C@H]3CC[C@]12C.COc1ccc2[nH]cc(CCNC(C)=O)c2c1. The van der Waals surface area contributed by atoms with Crippen LogP contribution in [0.1, 0.15) is 179 Å². The monoisotopic (exact) mass is 1160 g/mol.